The van der Waals surface area contributed by atoms with Crippen molar-refractivity contribution in [1.29, 1.82) is 0 Å². The van der Waals surface area contributed by atoms with E-state index in [2.05, 4.69) is 53.3 Å². The van der Waals surface area contributed by atoms with Crippen molar-refractivity contribution in [2.24, 2.45) is 4.99 Å². The summed E-state index contributed by atoms with van der Waals surface area (Å²) in [5.74, 6) is 1.52. The van der Waals surface area contributed by atoms with Crippen molar-refractivity contribution in [3.8, 4) is 5.75 Å². The molecule has 2 aromatic heterocycles. The Morgan fingerprint density at radius 2 is 2.17 bits per heavy atom. The summed E-state index contributed by atoms with van der Waals surface area (Å²) < 4.78 is 6.90. The minimum absolute atomic E-state index is 0.0790. The number of anilines is 2. The molecule has 1 aliphatic heterocycles. The first-order valence-corrected chi connectivity index (χ1v) is 8.49. The van der Waals surface area contributed by atoms with Gasteiger partial charge in [0.05, 0.1) is 23.7 Å². The summed E-state index contributed by atoms with van der Waals surface area (Å²) in [6, 6.07) is 4.10. The molecule has 1 aliphatic rings. The van der Waals surface area contributed by atoms with Gasteiger partial charge in [-0.05, 0) is 53.0 Å². The molecule has 3 heterocycles. The number of ether oxygens (including phenoxy) is 1. The Bertz CT molecular complexity index is 948. The average molecular weight is 386 g/mol. The lowest BCUT2D eigenvalue weighted by atomic mass is 10.1. The van der Waals surface area contributed by atoms with Gasteiger partial charge in [-0.2, -0.15) is 0 Å². The van der Waals surface area contributed by atoms with Crippen molar-refractivity contribution < 1.29 is 4.74 Å². The average Bonchev–Trinajstić information content (AvgIpc) is 3.14. The topological polar surface area (TPSA) is 75.2 Å². The second kappa shape index (κ2) is 5.90. The molecule has 7 heteroatoms. The van der Waals surface area contributed by atoms with Gasteiger partial charge in [0.15, 0.2) is 0 Å². The highest BCUT2D eigenvalue weighted by molar-refractivity contribution is 9.10. The Kier molecular flexibility index (Phi) is 3.72. The number of H-pyrrole nitrogens is 1. The van der Waals surface area contributed by atoms with E-state index in [9.17, 15) is 0 Å². The molecule has 2 N–H and O–H groups in total. The Labute approximate surface area is 147 Å². The summed E-state index contributed by atoms with van der Waals surface area (Å²) in [6.45, 7) is 4.73. The standard InChI is InChI=1S/C17H16BrN5O/c1-9(2)24-14-4-11-6-19-5-10(11)3-13(14)23-17-15-12(18)7-20-16(15)21-8-22-17/h3-5,7-9H,6H2,1-2H3,(H2,20,21,22,23). The van der Waals surface area contributed by atoms with Gasteiger partial charge in [0.1, 0.15) is 23.5 Å². The van der Waals surface area contributed by atoms with Gasteiger partial charge in [-0.25, -0.2) is 9.97 Å². The monoisotopic (exact) mass is 385 g/mol. The van der Waals surface area contributed by atoms with Crippen molar-refractivity contribution in [1.82, 2.24) is 15.0 Å². The lowest BCUT2D eigenvalue weighted by molar-refractivity contribution is 0.243. The van der Waals surface area contributed by atoms with Crippen LogP contribution in [0.4, 0.5) is 11.5 Å². The van der Waals surface area contributed by atoms with Gasteiger partial charge in [0, 0.05) is 16.9 Å². The Morgan fingerprint density at radius 3 is 3.00 bits per heavy atom. The second-order valence-corrected chi connectivity index (χ2v) is 6.75. The normalized spacial score (nSPS) is 12.8. The van der Waals surface area contributed by atoms with Crippen LogP contribution in [0.3, 0.4) is 0 Å². The van der Waals surface area contributed by atoms with E-state index < -0.39 is 0 Å². The molecule has 6 nitrogen and oxygen atoms in total. The summed E-state index contributed by atoms with van der Waals surface area (Å²) in [5.41, 5.74) is 3.91. The van der Waals surface area contributed by atoms with E-state index in [0.29, 0.717) is 6.54 Å². The van der Waals surface area contributed by atoms with Crippen LogP contribution < -0.4 is 10.1 Å². The summed E-state index contributed by atoms with van der Waals surface area (Å²) in [5, 5.41) is 4.29. The molecule has 0 saturated heterocycles. The fourth-order valence-electron chi connectivity index (χ4n) is 2.73. The summed E-state index contributed by atoms with van der Waals surface area (Å²) in [7, 11) is 0. The predicted molar refractivity (Wildman–Crippen MR) is 98.4 cm³/mol. The molecular weight excluding hydrogens is 370 g/mol. The molecule has 0 saturated carbocycles. The van der Waals surface area contributed by atoms with Crippen molar-refractivity contribution in [3.05, 3.63) is 40.3 Å². The molecular formula is C17H16BrN5O. The van der Waals surface area contributed by atoms with Gasteiger partial charge < -0.3 is 15.0 Å². The number of hydrogen-bond acceptors (Lipinski definition) is 5. The number of aliphatic imine (C=N–C) groups is 1. The van der Waals surface area contributed by atoms with Crippen molar-refractivity contribution >= 4 is 44.7 Å². The van der Waals surface area contributed by atoms with E-state index >= 15 is 0 Å². The number of rotatable bonds is 4. The van der Waals surface area contributed by atoms with Crippen molar-refractivity contribution in [2.45, 2.75) is 26.5 Å². The number of aromatic amines is 1. The predicted octanol–water partition coefficient (Wildman–Crippen LogP) is 4.18. The quantitative estimate of drug-likeness (QED) is 0.705. The third-order valence-corrected chi connectivity index (χ3v) is 4.40. The molecule has 0 amide bonds. The van der Waals surface area contributed by atoms with Crippen LogP contribution in [0.25, 0.3) is 11.0 Å². The Hall–Kier alpha value is -2.41. The lowest BCUT2D eigenvalue weighted by Gasteiger charge is -2.17. The van der Waals surface area contributed by atoms with Gasteiger partial charge in [-0.3, -0.25) is 4.99 Å². The Balaban J connectivity index is 1.80. The number of hydrogen-bond donors (Lipinski definition) is 2. The SMILES string of the molecule is CC(C)Oc1cc2c(cc1Nc1ncnc3[nH]cc(Br)c13)C=NC2. The van der Waals surface area contributed by atoms with Crippen LogP contribution in [0.15, 0.2) is 34.1 Å². The molecule has 3 aromatic rings. The van der Waals surface area contributed by atoms with E-state index in [4.69, 9.17) is 4.74 Å². The van der Waals surface area contributed by atoms with Crippen LogP contribution in [0.1, 0.15) is 25.0 Å². The summed E-state index contributed by atoms with van der Waals surface area (Å²) >= 11 is 3.54. The zero-order valence-corrected chi connectivity index (χ0v) is 14.9. The fraction of sp³-hybridized carbons (Fsp3) is 0.235. The minimum atomic E-state index is 0.0790. The molecule has 0 unspecified atom stereocenters. The molecule has 4 rings (SSSR count). The number of benzene rings is 1. The Morgan fingerprint density at radius 1 is 1.29 bits per heavy atom. The van der Waals surface area contributed by atoms with Gasteiger partial charge in [-0.15, -0.1) is 0 Å². The van der Waals surface area contributed by atoms with Crippen LogP contribution in [-0.2, 0) is 6.54 Å². The molecule has 0 bridgehead atoms. The van der Waals surface area contributed by atoms with Crippen LogP contribution in [0.2, 0.25) is 0 Å². The highest BCUT2D eigenvalue weighted by Gasteiger charge is 2.16. The zero-order chi connectivity index (χ0) is 16.7. The van der Waals surface area contributed by atoms with Crippen LogP contribution in [-0.4, -0.2) is 27.3 Å². The number of halogens is 1. The maximum absolute atomic E-state index is 5.99. The third-order valence-electron chi connectivity index (χ3n) is 3.77. The summed E-state index contributed by atoms with van der Waals surface area (Å²) in [4.78, 5) is 16.1. The smallest absolute Gasteiger partial charge is 0.144 e. The van der Waals surface area contributed by atoms with Crippen LogP contribution >= 0.6 is 15.9 Å². The minimum Gasteiger partial charge on any atom is -0.489 e. The van der Waals surface area contributed by atoms with E-state index in [1.807, 2.05) is 26.3 Å². The molecule has 0 atom stereocenters. The molecule has 0 radical (unpaired) electrons. The maximum atomic E-state index is 5.99. The number of aromatic nitrogens is 3. The zero-order valence-electron chi connectivity index (χ0n) is 13.3. The first-order chi connectivity index (χ1) is 11.6. The number of fused-ring (bicyclic) bond motifs is 2. The van der Waals surface area contributed by atoms with Crippen molar-refractivity contribution in [2.75, 3.05) is 5.32 Å². The molecule has 0 aliphatic carbocycles. The van der Waals surface area contributed by atoms with Crippen LogP contribution in [0.5, 0.6) is 5.75 Å². The van der Waals surface area contributed by atoms with Crippen LogP contribution in [0, 0.1) is 0 Å². The van der Waals surface area contributed by atoms with E-state index in [0.717, 1.165) is 38.3 Å². The fourth-order valence-corrected chi connectivity index (χ4v) is 3.22. The first kappa shape index (κ1) is 15.1. The maximum Gasteiger partial charge on any atom is 0.144 e. The molecule has 122 valence electrons. The van der Waals surface area contributed by atoms with Gasteiger partial charge >= 0.3 is 0 Å². The molecule has 24 heavy (non-hydrogen) atoms. The van der Waals surface area contributed by atoms with Gasteiger partial charge in [-0.1, -0.05) is 0 Å². The first-order valence-electron chi connectivity index (χ1n) is 7.70. The van der Waals surface area contributed by atoms with E-state index in [-0.39, 0.29) is 6.10 Å². The molecule has 0 spiro atoms. The highest BCUT2D eigenvalue weighted by atomic mass is 79.9. The third kappa shape index (κ3) is 2.65. The van der Waals surface area contributed by atoms with Gasteiger partial charge in [0.2, 0.25) is 0 Å². The summed E-state index contributed by atoms with van der Waals surface area (Å²) in [6.07, 6.45) is 5.36. The second-order valence-electron chi connectivity index (χ2n) is 5.89. The number of nitrogens with one attached hydrogen (secondary N) is 2. The van der Waals surface area contributed by atoms with Gasteiger partial charge in [0.25, 0.3) is 0 Å². The number of nitrogens with zero attached hydrogens (tertiary/aromatic N) is 3. The van der Waals surface area contributed by atoms with Crippen molar-refractivity contribution in [3.63, 3.8) is 0 Å². The largest absolute Gasteiger partial charge is 0.489 e. The molecule has 1 aromatic carbocycles. The van der Waals surface area contributed by atoms with E-state index in [1.165, 1.54) is 11.9 Å². The highest BCUT2D eigenvalue weighted by Crippen LogP contribution is 2.36. The van der Waals surface area contributed by atoms with E-state index in [1.54, 1.807) is 0 Å². The lowest BCUT2D eigenvalue weighted by Crippen LogP contribution is -2.08. The molecule has 0 fully saturated rings.